The van der Waals surface area contributed by atoms with E-state index in [1.807, 2.05) is 13.8 Å². The van der Waals surface area contributed by atoms with Gasteiger partial charge in [0.2, 0.25) is 9.84 Å². The fourth-order valence-electron chi connectivity index (χ4n) is 1.16. The van der Waals surface area contributed by atoms with E-state index >= 15 is 0 Å². The Morgan fingerprint density at radius 2 is 1.88 bits per heavy atom. The van der Waals surface area contributed by atoms with Gasteiger partial charge in [0.15, 0.2) is 0 Å². The van der Waals surface area contributed by atoms with Gasteiger partial charge in [-0.25, -0.2) is 8.42 Å². The maximum absolute atomic E-state index is 11.8. The Bertz CT molecular complexity index is 489. The lowest BCUT2D eigenvalue weighted by Crippen LogP contribution is -1.95. The first-order valence-electron chi connectivity index (χ1n) is 5.29. The maximum atomic E-state index is 11.8. The zero-order valence-electron chi connectivity index (χ0n) is 9.60. The van der Waals surface area contributed by atoms with Crippen molar-refractivity contribution in [1.29, 1.82) is 0 Å². The normalized spacial score (nSPS) is 10.6. The Hall–Kier alpha value is -1.31. The highest BCUT2D eigenvalue weighted by Gasteiger charge is 2.08. The molecule has 2 nitrogen and oxygen atoms in total. The van der Waals surface area contributed by atoms with E-state index in [-0.39, 0.29) is 0 Å². The molecule has 3 heteroatoms. The summed E-state index contributed by atoms with van der Waals surface area (Å²) in [5, 5.41) is 1.13. The van der Waals surface area contributed by atoms with Crippen LogP contribution in [0.4, 0.5) is 0 Å². The molecule has 0 N–H and O–H groups in total. The van der Waals surface area contributed by atoms with Crippen LogP contribution in [0.2, 0.25) is 0 Å². The van der Waals surface area contributed by atoms with Crippen LogP contribution in [-0.2, 0) is 9.84 Å². The van der Waals surface area contributed by atoms with Gasteiger partial charge in [0.25, 0.3) is 0 Å². The summed E-state index contributed by atoms with van der Waals surface area (Å²) in [6.45, 7) is 3.96. The van der Waals surface area contributed by atoms with Crippen LogP contribution in [-0.4, -0.2) is 8.42 Å². The monoisotopic (exact) mass is 236 g/mol. The smallest absolute Gasteiger partial charge is 0.207 e. The molecule has 16 heavy (non-hydrogen) atoms. The van der Waals surface area contributed by atoms with E-state index in [1.54, 1.807) is 30.3 Å². The van der Waals surface area contributed by atoms with Crippen molar-refractivity contribution in [3.8, 4) is 0 Å². The fourth-order valence-corrected chi connectivity index (χ4v) is 2.09. The second-order valence-corrected chi connectivity index (χ2v) is 5.43. The molecular formula is C13H16O2S. The number of unbranched alkanes of at least 4 members (excludes halogenated alkanes) is 1. The molecule has 0 aliphatic rings. The lowest BCUT2D eigenvalue weighted by atomic mass is 10.2. The average molecular weight is 236 g/mol. The minimum absolute atomic E-state index is 0.315. The Kier molecular flexibility index (Phi) is 4.53. The van der Waals surface area contributed by atoms with E-state index in [0.29, 0.717) is 4.90 Å². The summed E-state index contributed by atoms with van der Waals surface area (Å²) >= 11 is 0. The van der Waals surface area contributed by atoms with E-state index in [1.165, 1.54) is 0 Å². The summed E-state index contributed by atoms with van der Waals surface area (Å²) in [6.07, 6.45) is 3.58. The Morgan fingerprint density at radius 3 is 2.44 bits per heavy atom. The summed E-state index contributed by atoms with van der Waals surface area (Å²) in [5.41, 5.74) is 3.75. The van der Waals surface area contributed by atoms with Crippen LogP contribution in [0.15, 0.2) is 46.4 Å². The van der Waals surface area contributed by atoms with Crippen molar-refractivity contribution in [2.24, 2.45) is 0 Å². The average Bonchev–Trinajstić information content (AvgIpc) is 2.25. The minimum Gasteiger partial charge on any atom is -0.218 e. The lowest BCUT2D eigenvalue weighted by molar-refractivity contribution is 0.604. The summed E-state index contributed by atoms with van der Waals surface area (Å²) in [7, 11) is -3.32. The highest BCUT2D eigenvalue weighted by atomic mass is 32.2. The summed E-state index contributed by atoms with van der Waals surface area (Å²) in [5.74, 6) is 0. The van der Waals surface area contributed by atoms with Gasteiger partial charge in [-0.2, -0.15) is 0 Å². The molecule has 0 aliphatic heterocycles. The number of benzene rings is 1. The third kappa shape index (κ3) is 3.69. The van der Waals surface area contributed by atoms with Crippen molar-refractivity contribution in [1.82, 2.24) is 0 Å². The van der Waals surface area contributed by atoms with Crippen LogP contribution < -0.4 is 0 Å². The molecule has 0 atom stereocenters. The molecule has 0 bridgehead atoms. The lowest BCUT2D eigenvalue weighted by Gasteiger charge is -1.97. The van der Waals surface area contributed by atoms with Crippen LogP contribution >= 0.6 is 0 Å². The second-order valence-electron chi connectivity index (χ2n) is 3.64. The molecule has 1 aromatic carbocycles. The first kappa shape index (κ1) is 12.8. The van der Waals surface area contributed by atoms with Gasteiger partial charge in [-0.15, -0.1) is 5.73 Å². The van der Waals surface area contributed by atoms with Gasteiger partial charge in [0.1, 0.15) is 0 Å². The number of allylic oxidation sites excluding steroid dienone is 1. The van der Waals surface area contributed by atoms with Crippen LogP contribution in [0.25, 0.3) is 0 Å². The third-order valence-electron chi connectivity index (χ3n) is 2.12. The first-order chi connectivity index (χ1) is 7.56. The topological polar surface area (TPSA) is 34.1 Å². The Balaban J connectivity index is 2.95. The number of rotatable bonds is 4. The van der Waals surface area contributed by atoms with Gasteiger partial charge < -0.3 is 0 Å². The van der Waals surface area contributed by atoms with Crippen molar-refractivity contribution in [3.63, 3.8) is 0 Å². The van der Waals surface area contributed by atoms with Gasteiger partial charge in [-0.1, -0.05) is 31.0 Å². The number of hydrogen-bond donors (Lipinski definition) is 0. The van der Waals surface area contributed by atoms with Gasteiger partial charge >= 0.3 is 0 Å². The van der Waals surface area contributed by atoms with E-state index in [0.717, 1.165) is 23.8 Å². The molecular weight excluding hydrogens is 220 g/mol. The SMILES string of the molecule is CCCC=C=CS(=O)(=O)c1ccc(C)cc1. The third-order valence-corrected chi connectivity index (χ3v) is 3.50. The van der Waals surface area contributed by atoms with E-state index in [2.05, 4.69) is 5.73 Å². The Labute approximate surface area is 97.2 Å². The zero-order valence-corrected chi connectivity index (χ0v) is 10.4. The molecule has 86 valence electrons. The molecule has 0 aromatic heterocycles. The number of hydrogen-bond acceptors (Lipinski definition) is 2. The molecule has 0 radical (unpaired) electrons. The summed E-state index contributed by atoms with van der Waals surface area (Å²) < 4.78 is 23.5. The highest BCUT2D eigenvalue weighted by molar-refractivity contribution is 7.94. The first-order valence-corrected chi connectivity index (χ1v) is 6.83. The summed E-state index contributed by atoms with van der Waals surface area (Å²) in [6, 6.07) is 6.80. The van der Waals surface area contributed by atoms with E-state index < -0.39 is 9.84 Å². The van der Waals surface area contributed by atoms with Crippen molar-refractivity contribution in [3.05, 3.63) is 47.0 Å². The van der Waals surface area contributed by atoms with E-state index in [9.17, 15) is 8.42 Å². The van der Waals surface area contributed by atoms with E-state index in [4.69, 9.17) is 0 Å². The minimum atomic E-state index is -3.32. The molecule has 0 saturated heterocycles. The molecule has 0 fully saturated rings. The summed E-state index contributed by atoms with van der Waals surface area (Å²) in [4.78, 5) is 0.315. The van der Waals surface area contributed by atoms with Gasteiger partial charge in [-0.05, 0) is 31.6 Å². The molecule has 0 unspecified atom stereocenters. The van der Waals surface area contributed by atoms with Crippen molar-refractivity contribution >= 4 is 9.84 Å². The zero-order chi connectivity index (χ0) is 12.0. The number of aryl methyl sites for hydroxylation is 1. The predicted molar refractivity (Wildman–Crippen MR) is 65.9 cm³/mol. The Morgan fingerprint density at radius 1 is 1.25 bits per heavy atom. The molecule has 0 aliphatic carbocycles. The van der Waals surface area contributed by atoms with Gasteiger partial charge in [-0.3, -0.25) is 0 Å². The van der Waals surface area contributed by atoms with Crippen molar-refractivity contribution < 1.29 is 8.42 Å². The van der Waals surface area contributed by atoms with Crippen molar-refractivity contribution in [2.75, 3.05) is 0 Å². The van der Waals surface area contributed by atoms with Crippen LogP contribution in [0.1, 0.15) is 25.3 Å². The van der Waals surface area contributed by atoms with Crippen LogP contribution in [0.3, 0.4) is 0 Å². The predicted octanol–water partition coefficient (Wildman–Crippen LogP) is 3.24. The molecule has 0 amide bonds. The molecule has 0 heterocycles. The molecule has 0 spiro atoms. The maximum Gasteiger partial charge on any atom is 0.207 e. The second kappa shape index (κ2) is 5.69. The molecule has 1 aromatic rings. The van der Waals surface area contributed by atoms with Crippen LogP contribution in [0.5, 0.6) is 0 Å². The number of sulfone groups is 1. The van der Waals surface area contributed by atoms with Crippen LogP contribution in [0, 0.1) is 6.92 Å². The quantitative estimate of drug-likeness (QED) is 0.752. The van der Waals surface area contributed by atoms with Crippen molar-refractivity contribution in [2.45, 2.75) is 31.6 Å². The van der Waals surface area contributed by atoms with Gasteiger partial charge in [0.05, 0.1) is 10.3 Å². The fraction of sp³-hybridized carbons (Fsp3) is 0.308. The van der Waals surface area contributed by atoms with Gasteiger partial charge in [0, 0.05) is 0 Å². The standard InChI is InChI=1S/C13H16O2S/c1-3-4-5-6-11-16(14,15)13-9-7-12(2)8-10-13/h5,7-11H,3-4H2,1-2H3. The molecule has 1 rings (SSSR count). The highest BCUT2D eigenvalue weighted by Crippen LogP contribution is 2.12. The largest absolute Gasteiger partial charge is 0.218 e. The molecule has 0 saturated carbocycles.